The number of cyclic esters (lactones) is 1. The SMILES string of the molecule is O=C(CN1CCOC1=O)Nc1cccc2cccnc12. The van der Waals surface area contributed by atoms with E-state index in [1.807, 2.05) is 24.3 Å². The Morgan fingerprint density at radius 3 is 3.00 bits per heavy atom. The summed E-state index contributed by atoms with van der Waals surface area (Å²) in [5.41, 5.74) is 1.37. The lowest BCUT2D eigenvalue weighted by atomic mass is 10.2. The molecule has 0 unspecified atom stereocenters. The second-order valence-electron chi connectivity index (χ2n) is 4.46. The predicted molar refractivity (Wildman–Crippen MR) is 73.3 cm³/mol. The molecule has 20 heavy (non-hydrogen) atoms. The number of pyridine rings is 1. The molecule has 1 aromatic carbocycles. The maximum Gasteiger partial charge on any atom is 0.410 e. The summed E-state index contributed by atoms with van der Waals surface area (Å²) in [7, 11) is 0. The minimum atomic E-state index is -0.448. The van der Waals surface area contributed by atoms with Gasteiger partial charge in [-0.2, -0.15) is 0 Å². The van der Waals surface area contributed by atoms with Gasteiger partial charge in [-0.05, 0) is 12.1 Å². The number of carbonyl (C=O) groups is 2. The van der Waals surface area contributed by atoms with Crippen LogP contribution in [0.3, 0.4) is 0 Å². The molecular formula is C14H13N3O3. The van der Waals surface area contributed by atoms with E-state index in [-0.39, 0.29) is 12.5 Å². The van der Waals surface area contributed by atoms with Crippen LogP contribution >= 0.6 is 0 Å². The number of hydrogen-bond donors (Lipinski definition) is 1. The largest absolute Gasteiger partial charge is 0.448 e. The zero-order valence-corrected chi connectivity index (χ0v) is 10.7. The normalized spacial score (nSPS) is 14.4. The Labute approximate surface area is 115 Å². The highest BCUT2D eigenvalue weighted by molar-refractivity contribution is 6.01. The Bertz CT molecular complexity index is 666. The number of ether oxygens (including phenoxy) is 1. The average molecular weight is 271 g/mol. The van der Waals surface area contributed by atoms with Crippen molar-refractivity contribution < 1.29 is 14.3 Å². The van der Waals surface area contributed by atoms with Gasteiger partial charge in [0.25, 0.3) is 0 Å². The molecule has 1 aliphatic heterocycles. The summed E-state index contributed by atoms with van der Waals surface area (Å²) in [6.07, 6.45) is 1.23. The Hall–Kier alpha value is -2.63. The van der Waals surface area contributed by atoms with Crippen LogP contribution in [0.15, 0.2) is 36.5 Å². The summed E-state index contributed by atoms with van der Waals surface area (Å²) in [6.45, 7) is 0.768. The van der Waals surface area contributed by atoms with Crippen LogP contribution in [0.4, 0.5) is 10.5 Å². The number of nitrogens with zero attached hydrogens (tertiary/aromatic N) is 2. The smallest absolute Gasteiger partial charge is 0.410 e. The molecule has 0 radical (unpaired) electrons. The summed E-state index contributed by atoms with van der Waals surface area (Å²) in [5, 5.41) is 3.73. The number of nitrogens with one attached hydrogen (secondary N) is 1. The van der Waals surface area contributed by atoms with E-state index >= 15 is 0 Å². The molecular weight excluding hydrogens is 258 g/mol. The van der Waals surface area contributed by atoms with Crippen molar-refractivity contribution in [1.29, 1.82) is 0 Å². The topological polar surface area (TPSA) is 71.5 Å². The minimum absolute atomic E-state index is 0.0119. The van der Waals surface area contributed by atoms with Crippen LogP contribution in [0.2, 0.25) is 0 Å². The third-order valence-electron chi connectivity index (χ3n) is 3.09. The number of benzene rings is 1. The van der Waals surface area contributed by atoms with Crippen LogP contribution < -0.4 is 5.32 Å². The standard InChI is InChI=1S/C14H13N3O3/c18-12(9-17-7-8-20-14(17)19)16-11-5-1-3-10-4-2-6-15-13(10)11/h1-6H,7-9H2,(H,16,18). The molecule has 0 bridgehead atoms. The van der Waals surface area contributed by atoms with Crippen LogP contribution in [0.25, 0.3) is 10.9 Å². The van der Waals surface area contributed by atoms with E-state index in [0.29, 0.717) is 18.8 Å². The Balaban J connectivity index is 1.76. The first-order valence-electron chi connectivity index (χ1n) is 6.29. The zero-order valence-electron chi connectivity index (χ0n) is 10.7. The summed E-state index contributed by atoms with van der Waals surface area (Å²) in [6, 6.07) is 9.33. The minimum Gasteiger partial charge on any atom is -0.448 e. The van der Waals surface area contributed by atoms with Gasteiger partial charge in [0.05, 0.1) is 17.7 Å². The number of hydrogen-bond acceptors (Lipinski definition) is 4. The predicted octanol–water partition coefficient (Wildman–Crippen LogP) is 1.63. The number of anilines is 1. The molecule has 2 aromatic rings. The second kappa shape index (κ2) is 5.16. The molecule has 1 N–H and O–H groups in total. The van der Waals surface area contributed by atoms with Crippen molar-refractivity contribution in [2.75, 3.05) is 25.0 Å². The lowest BCUT2D eigenvalue weighted by Crippen LogP contribution is -2.33. The summed E-state index contributed by atoms with van der Waals surface area (Å²) >= 11 is 0. The highest BCUT2D eigenvalue weighted by atomic mass is 16.6. The van der Waals surface area contributed by atoms with Crippen LogP contribution in [0.1, 0.15) is 0 Å². The number of fused-ring (bicyclic) bond motifs is 1. The first kappa shape index (κ1) is 12.4. The van der Waals surface area contributed by atoms with Gasteiger partial charge in [0, 0.05) is 11.6 Å². The van der Waals surface area contributed by atoms with Crippen LogP contribution in [-0.4, -0.2) is 41.6 Å². The maximum atomic E-state index is 12.0. The van der Waals surface area contributed by atoms with Gasteiger partial charge in [0.2, 0.25) is 5.91 Å². The van der Waals surface area contributed by atoms with Crippen molar-refractivity contribution in [3.8, 4) is 0 Å². The lowest BCUT2D eigenvalue weighted by Gasteiger charge is -2.13. The second-order valence-corrected chi connectivity index (χ2v) is 4.46. The number of para-hydroxylation sites is 1. The molecule has 2 heterocycles. The fourth-order valence-corrected chi connectivity index (χ4v) is 2.14. The maximum absolute atomic E-state index is 12.0. The van der Waals surface area contributed by atoms with Gasteiger partial charge in [0.1, 0.15) is 13.2 Å². The molecule has 0 spiro atoms. The van der Waals surface area contributed by atoms with E-state index < -0.39 is 6.09 Å². The number of aromatic nitrogens is 1. The first-order valence-corrected chi connectivity index (χ1v) is 6.29. The van der Waals surface area contributed by atoms with Gasteiger partial charge >= 0.3 is 6.09 Å². The molecule has 2 amide bonds. The Kier molecular flexibility index (Phi) is 3.20. The zero-order chi connectivity index (χ0) is 13.9. The fraction of sp³-hybridized carbons (Fsp3) is 0.214. The van der Waals surface area contributed by atoms with Crippen molar-refractivity contribution in [3.05, 3.63) is 36.5 Å². The number of amides is 2. The molecule has 102 valence electrons. The Morgan fingerprint density at radius 1 is 1.35 bits per heavy atom. The molecule has 6 nitrogen and oxygen atoms in total. The van der Waals surface area contributed by atoms with E-state index in [1.165, 1.54) is 4.90 Å². The molecule has 0 saturated carbocycles. The summed E-state index contributed by atoms with van der Waals surface area (Å²) in [4.78, 5) is 28.9. The number of rotatable bonds is 3. The van der Waals surface area contributed by atoms with Gasteiger partial charge in [-0.25, -0.2) is 4.79 Å². The van der Waals surface area contributed by atoms with Crippen molar-refractivity contribution in [2.45, 2.75) is 0 Å². The van der Waals surface area contributed by atoms with Gasteiger partial charge in [-0.1, -0.05) is 18.2 Å². The van der Waals surface area contributed by atoms with Crippen LogP contribution in [-0.2, 0) is 9.53 Å². The van der Waals surface area contributed by atoms with Gasteiger partial charge in [-0.3, -0.25) is 14.7 Å². The van der Waals surface area contributed by atoms with E-state index in [0.717, 1.165) is 10.9 Å². The molecule has 3 rings (SSSR count). The highest BCUT2D eigenvalue weighted by Gasteiger charge is 2.24. The third kappa shape index (κ3) is 2.40. The van der Waals surface area contributed by atoms with Crippen molar-refractivity contribution in [2.24, 2.45) is 0 Å². The van der Waals surface area contributed by atoms with Crippen molar-refractivity contribution in [3.63, 3.8) is 0 Å². The van der Waals surface area contributed by atoms with E-state index in [2.05, 4.69) is 10.3 Å². The van der Waals surface area contributed by atoms with Crippen molar-refractivity contribution in [1.82, 2.24) is 9.88 Å². The molecule has 0 aliphatic carbocycles. The molecule has 1 fully saturated rings. The molecule has 6 heteroatoms. The van der Waals surface area contributed by atoms with E-state index in [4.69, 9.17) is 4.74 Å². The monoisotopic (exact) mass is 271 g/mol. The molecule has 1 aliphatic rings. The van der Waals surface area contributed by atoms with Crippen LogP contribution in [0.5, 0.6) is 0 Å². The molecule has 0 atom stereocenters. The van der Waals surface area contributed by atoms with Crippen LogP contribution in [0, 0.1) is 0 Å². The molecule has 1 saturated heterocycles. The van der Waals surface area contributed by atoms with E-state index in [9.17, 15) is 9.59 Å². The quantitative estimate of drug-likeness (QED) is 0.921. The van der Waals surface area contributed by atoms with Gasteiger partial charge < -0.3 is 10.1 Å². The lowest BCUT2D eigenvalue weighted by molar-refractivity contribution is -0.116. The summed E-state index contributed by atoms with van der Waals surface area (Å²) < 4.78 is 4.78. The molecule has 1 aromatic heterocycles. The Morgan fingerprint density at radius 2 is 2.20 bits per heavy atom. The van der Waals surface area contributed by atoms with Crippen molar-refractivity contribution >= 4 is 28.6 Å². The average Bonchev–Trinajstić information content (AvgIpc) is 2.85. The third-order valence-corrected chi connectivity index (χ3v) is 3.09. The number of carbonyl (C=O) groups excluding carboxylic acids is 2. The highest BCUT2D eigenvalue weighted by Crippen LogP contribution is 2.20. The first-order chi connectivity index (χ1) is 9.74. The summed E-state index contributed by atoms with van der Waals surface area (Å²) in [5.74, 6) is -0.262. The van der Waals surface area contributed by atoms with E-state index in [1.54, 1.807) is 12.3 Å². The van der Waals surface area contributed by atoms with Gasteiger partial charge in [0.15, 0.2) is 0 Å². The fourth-order valence-electron chi connectivity index (χ4n) is 2.14. The van der Waals surface area contributed by atoms with Gasteiger partial charge in [-0.15, -0.1) is 0 Å².